The normalized spacial score (nSPS) is 12.9. The van der Waals surface area contributed by atoms with E-state index in [9.17, 15) is 4.79 Å². The third kappa shape index (κ3) is 5.23. The van der Waals surface area contributed by atoms with E-state index in [1.165, 1.54) is 6.92 Å². The van der Waals surface area contributed by atoms with Crippen LogP contribution in [0.4, 0.5) is 4.79 Å². The minimum absolute atomic E-state index is 0.600. The quantitative estimate of drug-likeness (QED) is 0.435. The number of hydrogen-bond donors (Lipinski definition) is 2. The van der Waals surface area contributed by atoms with Gasteiger partial charge in [-0.05, 0) is 6.92 Å². The molecule has 1 unspecified atom stereocenters. The summed E-state index contributed by atoms with van der Waals surface area (Å²) in [6.45, 7) is 1.52. The molecule has 0 aliphatic heterocycles. The van der Waals surface area contributed by atoms with Crippen LogP contribution in [0.1, 0.15) is 6.92 Å². The lowest BCUT2D eigenvalue weighted by Crippen LogP contribution is -2.26. The molecule has 0 aromatic heterocycles. The van der Waals surface area contributed by atoms with Gasteiger partial charge in [0.2, 0.25) is 0 Å². The summed E-state index contributed by atoms with van der Waals surface area (Å²) in [5, 5.41) is 0. The Morgan fingerprint density at radius 2 is 2.29 bits per heavy atom. The third-order valence-electron chi connectivity index (χ3n) is 0.302. The van der Waals surface area contributed by atoms with E-state index < -0.39 is 12.3 Å². The van der Waals surface area contributed by atoms with Crippen molar-refractivity contribution in [1.29, 1.82) is 0 Å². The van der Waals surface area contributed by atoms with Gasteiger partial charge in [0, 0.05) is 0 Å². The van der Waals surface area contributed by atoms with Gasteiger partial charge in [0.15, 0.2) is 0 Å². The molecule has 42 valence electrons. The monoisotopic (exact) mass is 104 g/mol. The number of carbonyl (C=O) groups excluding carboxylic acids is 1. The van der Waals surface area contributed by atoms with E-state index in [0.717, 1.165) is 0 Å². The van der Waals surface area contributed by atoms with Crippen molar-refractivity contribution in [2.75, 3.05) is 0 Å². The molecule has 4 N–H and O–H groups in total. The van der Waals surface area contributed by atoms with Crippen LogP contribution in [0.5, 0.6) is 0 Å². The second-order valence-corrected chi connectivity index (χ2v) is 1.14. The Morgan fingerprint density at radius 1 is 1.86 bits per heavy atom. The maximum Gasteiger partial charge on any atom is 0.406 e. The van der Waals surface area contributed by atoms with Crippen LogP contribution >= 0.6 is 0 Å². The maximum atomic E-state index is 9.73. The van der Waals surface area contributed by atoms with Gasteiger partial charge in [-0.2, -0.15) is 0 Å². The largest absolute Gasteiger partial charge is 0.431 e. The van der Waals surface area contributed by atoms with Crippen molar-refractivity contribution in [2.45, 2.75) is 13.2 Å². The molecule has 4 nitrogen and oxygen atoms in total. The van der Waals surface area contributed by atoms with Gasteiger partial charge >= 0.3 is 6.09 Å². The molecule has 0 saturated heterocycles. The number of nitrogens with two attached hydrogens (primary N) is 2. The van der Waals surface area contributed by atoms with E-state index in [0.29, 0.717) is 0 Å². The van der Waals surface area contributed by atoms with Crippen molar-refractivity contribution in [3.05, 3.63) is 0 Å². The van der Waals surface area contributed by atoms with Crippen LogP contribution in [0.3, 0.4) is 0 Å². The van der Waals surface area contributed by atoms with E-state index in [-0.39, 0.29) is 0 Å². The minimum atomic E-state index is -0.838. The fourth-order valence-corrected chi connectivity index (χ4v) is 0.183. The molecule has 0 aliphatic rings. The second kappa shape index (κ2) is 2.41. The van der Waals surface area contributed by atoms with Crippen molar-refractivity contribution in [3.63, 3.8) is 0 Å². The Bertz CT molecular complexity index is 71.3. The van der Waals surface area contributed by atoms with Crippen molar-refractivity contribution in [1.82, 2.24) is 0 Å². The first-order valence-electron chi connectivity index (χ1n) is 1.84. The Kier molecular flexibility index (Phi) is 2.15. The zero-order valence-electron chi connectivity index (χ0n) is 4.05. The van der Waals surface area contributed by atoms with Crippen LogP contribution < -0.4 is 11.5 Å². The number of hydrogen-bond acceptors (Lipinski definition) is 3. The topological polar surface area (TPSA) is 78.3 Å². The summed E-state index contributed by atoms with van der Waals surface area (Å²) in [4.78, 5) is 9.73. The van der Waals surface area contributed by atoms with Gasteiger partial charge in [-0.25, -0.2) is 4.79 Å². The van der Waals surface area contributed by atoms with Gasteiger partial charge in [-0.3, -0.25) is 5.73 Å². The van der Waals surface area contributed by atoms with E-state index in [2.05, 4.69) is 10.5 Å². The van der Waals surface area contributed by atoms with E-state index in [1.54, 1.807) is 0 Å². The van der Waals surface area contributed by atoms with Crippen LogP contribution in [-0.4, -0.2) is 12.3 Å². The van der Waals surface area contributed by atoms with Crippen LogP contribution in [0, 0.1) is 0 Å². The molecule has 0 saturated carbocycles. The summed E-state index contributed by atoms with van der Waals surface area (Å²) in [6, 6.07) is 0. The minimum Gasteiger partial charge on any atom is -0.431 e. The molecule has 0 spiro atoms. The van der Waals surface area contributed by atoms with Gasteiger partial charge in [-0.1, -0.05) is 0 Å². The standard InChI is InChI=1S/C3H8N2O2/c1-2(4)7-3(5)6/h2H,4H2,1H3,(H2,5,6). The Hall–Kier alpha value is -0.770. The van der Waals surface area contributed by atoms with Crippen molar-refractivity contribution < 1.29 is 9.53 Å². The summed E-state index contributed by atoms with van der Waals surface area (Å²) in [7, 11) is 0. The van der Waals surface area contributed by atoms with Gasteiger partial charge < -0.3 is 10.5 Å². The number of ether oxygens (including phenoxy) is 1. The van der Waals surface area contributed by atoms with Crippen LogP contribution in [0.25, 0.3) is 0 Å². The first kappa shape index (κ1) is 6.23. The van der Waals surface area contributed by atoms with E-state index in [1.807, 2.05) is 0 Å². The van der Waals surface area contributed by atoms with Gasteiger partial charge in [0.1, 0.15) is 6.23 Å². The Labute approximate surface area is 41.4 Å². The molecule has 0 fully saturated rings. The molecule has 1 atom stereocenters. The summed E-state index contributed by atoms with van der Waals surface area (Å²) in [6.07, 6.45) is -1.44. The average Bonchev–Trinajstić information content (AvgIpc) is 1.27. The third-order valence-corrected chi connectivity index (χ3v) is 0.302. The predicted octanol–water partition coefficient (Wildman–Crippen LogP) is -0.614. The smallest absolute Gasteiger partial charge is 0.406 e. The molecule has 0 aromatic rings. The first-order valence-corrected chi connectivity index (χ1v) is 1.84. The van der Waals surface area contributed by atoms with E-state index >= 15 is 0 Å². The number of rotatable bonds is 1. The molecular formula is C3H8N2O2. The zero-order chi connectivity index (χ0) is 5.86. The number of primary amides is 1. The van der Waals surface area contributed by atoms with Gasteiger partial charge in [0.05, 0.1) is 0 Å². The highest BCUT2D eigenvalue weighted by Gasteiger charge is 1.94. The highest BCUT2D eigenvalue weighted by Crippen LogP contribution is 1.75. The molecular weight excluding hydrogens is 96.0 g/mol. The summed E-state index contributed by atoms with van der Waals surface area (Å²) in [5.41, 5.74) is 9.52. The van der Waals surface area contributed by atoms with Crippen LogP contribution in [-0.2, 0) is 4.74 Å². The predicted molar refractivity (Wildman–Crippen MR) is 24.3 cm³/mol. The van der Waals surface area contributed by atoms with Crippen LogP contribution in [0.15, 0.2) is 0 Å². The number of amides is 1. The molecule has 0 rings (SSSR count). The van der Waals surface area contributed by atoms with Gasteiger partial charge in [-0.15, -0.1) is 0 Å². The summed E-state index contributed by atoms with van der Waals surface area (Å²) < 4.78 is 4.17. The molecule has 7 heavy (non-hydrogen) atoms. The fourth-order valence-electron chi connectivity index (χ4n) is 0.183. The van der Waals surface area contributed by atoms with Crippen molar-refractivity contribution in [3.8, 4) is 0 Å². The molecule has 1 amide bonds. The second-order valence-electron chi connectivity index (χ2n) is 1.14. The van der Waals surface area contributed by atoms with Crippen LogP contribution in [0.2, 0.25) is 0 Å². The number of carbonyl (C=O) groups is 1. The lowest BCUT2D eigenvalue weighted by molar-refractivity contribution is 0.119. The average molecular weight is 104 g/mol. The van der Waals surface area contributed by atoms with Gasteiger partial charge in [0.25, 0.3) is 0 Å². The molecule has 0 aromatic carbocycles. The zero-order valence-corrected chi connectivity index (χ0v) is 4.05. The Morgan fingerprint density at radius 3 is 2.29 bits per heavy atom. The highest BCUT2D eigenvalue weighted by molar-refractivity contribution is 5.64. The molecule has 0 aliphatic carbocycles. The SMILES string of the molecule is CC(N)OC(N)=O. The summed E-state index contributed by atoms with van der Waals surface area (Å²) >= 11 is 0. The summed E-state index contributed by atoms with van der Waals surface area (Å²) in [5.74, 6) is 0. The van der Waals surface area contributed by atoms with E-state index in [4.69, 9.17) is 5.73 Å². The first-order chi connectivity index (χ1) is 3.13. The molecule has 0 heterocycles. The lowest BCUT2D eigenvalue weighted by atomic mass is 10.7. The Balaban J connectivity index is 3.13. The molecule has 0 bridgehead atoms. The van der Waals surface area contributed by atoms with Crippen molar-refractivity contribution >= 4 is 6.09 Å². The highest BCUT2D eigenvalue weighted by atomic mass is 16.6. The maximum absolute atomic E-state index is 9.73. The molecule has 0 radical (unpaired) electrons. The van der Waals surface area contributed by atoms with Crippen molar-refractivity contribution in [2.24, 2.45) is 11.5 Å². The fraction of sp³-hybridized carbons (Fsp3) is 0.667. The molecule has 4 heteroatoms. The lowest BCUT2D eigenvalue weighted by Gasteiger charge is -2.01.